The van der Waals surface area contributed by atoms with Crippen molar-refractivity contribution in [2.75, 3.05) is 5.06 Å². The van der Waals surface area contributed by atoms with Gasteiger partial charge in [0, 0.05) is 6.20 Å². The second-order valence-corrected chi connectivity index (χ2v) is 6.34. The number of fused-ring (bicyclic) bond motifs is 2. The molecule has 10 heteroatoms. The van der Waals surface area contributed by atoms with Crippen molar-refractivity contribution in [1.82, 2.24) is 4.98 Å². The molecule has 0 amide bonds. The highest BCUT2D eigenvalue weighted by Crippen LogP contribution is 2.37. The number of alkyl halides is 3. The molecule has 6 nitrogen and oxygen atoms in total. The van der Waals surface area contributed by atoms with Gasteiger partial charge in [-0.1, -0.05) is 6.07 Å². The second-order valence-electron chi connectivity index (χ2n) is 4.80. The predicted molar refractivity (Wildman–Crippen MR) is 68.8 cm³/mol. The van der Waals surface area contributed by atoms with Crippen molar-refractivity contribution in [2.24, 2.45) is 0 Å². The first-order valence-corrected chi connectivity index (χ1v) is 7.78. The van der Waals surface area contributed by atoms with E-state index in [1.54, 1.807) is 24.4 Å². The number of hydrogen-bond donors (Lipinski definition) is 0. The molecular weight excluding hydrogens is 325 g/mol. The summed E-state index contributed by atoms with van der Waals surface area (Å²) in [6.45, 7) is 0. The Balaban J connectivity index is 1.83. The fraction of sp³-hybridized carbons (Fsp3) is 0.417. The fourth-order valence-electron chi connectivity index (χ4n) is 2.31. The molecular formula is C12H11F3N2O4S. The summed E-state index contributed by atoms with van der Waals surface area (Å²) in [6.07, 6.45) is 2.96. The molecule has 1 aliphatic carbocycles. The number of nitrogens with zero attached hydrogens (tertiary/aromatic N) is 2. The van der Waals surface area contributed by atoms with Gasteiger partial charge < -0.3 is 4.18 Å². The SMILES string of the molecule is O=S(=O)(OC1=C[C@H]2CC[C@@H]1ON2c1ccccn1)C(F)(F)F. The fourth-order valence-corrected chi connectivity index (χ4v) is 2.82. The maximum atomic E-state index is 12.4. The molecule has 3 aliphatic rings. The molecule has 1 saturated heterocycles. The number of rotatable bonds is 3. The molecule has 0 unspecified atom stereocenters. The van der Waals surface area contributed by atoms with Gasteiger partial charge in [0.05, 0.1) is 6.04 Å². The summed E-state index contributed by atoms with van der Waals surface area (Å²) < 4.78 is 63.5. The normalized spacial score (nSPS) is 25.0. The van der Waals surface area contributed by atoms with E-state index in [2.05, 4.69) is 9.17 Å². The Kier molecular flexibility index (Phi) is 3.52. The number of pyridine rings is 1. The van der Waals surface area contributed by atoms with Crippen molar-refractivity contribution in [2.45, 2.75) is 30.5 Å². The molecule has 2 atom stereocenters. The van der Waals surface area contributed by atoms with E-state index >= 15 is 0 Å². The molecule has 2 bridgehead atoms. The largest absolute Gasteiger partial charge is 0.534 e. The third kappa shape index (κ3) is 2.63. The van der Waals surface area contributed by atoms with Crippen LogP contribution in [0, 0.1) is 0 Å². The van der Waals surface area contributed by atoms with Crippen LogP contribution in [0.4, 0.5) is 19.0 Å². The van der Waals surface area contributed by atoms with Crippen LogP contribution in [0.15, 0.2) is 36.2 Å². The lowest BCUT2D eigenvalue weighted by molar-refractivity contribution is -0.0595. The van der Waals surface area contributed by atoms with E-state index in [4.69, 9.17) is 4.84 Å². The van der Waals surface area contributed by atoms with Crippen LogP contribution in [0.25, 0.3) is 0 Å². The zero-order valence-electron chi connectivity index (χ0n) is 11.0. The second kappa shape index (κ2) is 5.13. The summed E-state index contributed by atoms with van der Waals surface area (Å²) in [5.74, 6) is 0.159. The van der Waals surface area contributed by atoms with Gasteiger partial charge >= 0.3 is 15.6 Å². The first-order chi connectivity index (χ1) is 10.3. The van der Waals surface area contributed by atoms with E-state index in [0.717, 1.165) is 0 Å². The van der Waals surface area contributed by atoms with Gasteiger partial charge in [-0.2, -0.15) is 21.6 Å². The maximum absolute atomic E-state index is 12.4. The van der Waals surface area contributed by atoms with E-state index in [0.29, 0.717) is 18.7 Å². The molecule has 0 saturated carbocycles. The van der Waals surface area contributed by atoms with E-state index in [9.17, 15) is 21.6 Å². The topological polar surface area (TPSA) is 68.7 Å². The molecule has 120 valence electrons. The molecule has 0 aromatic carbocycles. The number of halogens is 3. The van der Waals surface area contributed by atoms with Gasteiger partial charge in [-0.05, 0) is 31.1 Å². The molecule has 4 rings (SSSR count). The van der Waals surface area contributed by atoms with Gasteiger partial charge in [0.1, 0.15) is 11.9 Å². The van der Waals surface area contributed by atoms with Gasteiger partial charge in [-0.3, -0.25) is 4.84 Å². The molecule has 0 spiro atoms. The van der Waals surface area contributed by atoms with Crippen LogP contribution in [0.3, 0.4) is 0 Å². The zero-order chi connectivity index (χ0) is 16.0. The Morgan fingerprint density at radius 3 is 2.64 bits per heavy atom. The molecule has 0 radical (unpaired) electrons. The predicted octanol–water partition coefficient (Wildman–Crippen LogP) is 2.11. The summed E-state index contributed by atoms with van der Waals surface area (Å²) in [6, 6.07) is 4.70. The maximum Gasteiger partial charge on any atom is 0.534 e. The number of aromatic nitrogens is 1. The highest BCUT2D eigenvalue weighted by atomic mass is 32.2. The minimum absolute atomic E-state index is 0.333. The third-order valence-electron chi connectivity index (χ3n) is 3.31. The number of hydroxylamine groups is 1. The molecule has 2 aliphatic heterocycles. The highest BCUT2D eigenvalue weighted by Gasteiger charge is 2.51. The van der Waals surface area contributed by atoms with Crippen LogP contribution in [0.2, 0.25) is 0 Å². The monoisotopic (exact) mass is 336 g/mol. The Bertz CT molecular complexity index is 690. The van der Waals surface area contributed by atoms with E-state index in [1.165, 1.54) is 11.1 Å². The van der Waals surface area contributed by atoms with Gasteiger partial charge in [-0.25, -0.2) is 10.0 Å². The first kappa shape index (κ1) is 15.1. The molecule has 22 heavy (non-hydrogen) atoms. The quantitative estimate of drug-likeness (QED) is 0.622. The van der Waals surface area contributed by atoms with Crippen LogP contribution in [0.5, 0.6) is 0 Å². The summed E-state index contributed by atoms with van der Waals surface area (Å²) in [5.41, 5.74) is -5.47. The minimum Gasteiger partial charge on any atom is -0.378 e. The van der Waals surface area contributed by atoms with Crippen molar-refractivity contribution in [3.05, 3.63) is 36.2 Å². The average molecular weight is 336 g/mol. The molecule has 1 aromatic heterocycles. The van der Waals surface area contributed by atoms with Crippen molar-refractivity contribution in [1.29, 1.82) is 0 Å². The standard InChI is InChI=1S/C12H11F3N2O4S/c13-12(14,15)22(18,19)21-10-7-8-4-5-9(10)20-17(8)11-3-1-2-6-16-11/h1-3,6-9H,4-5H2/t8-,9+/m1/s1. The lowest BCUT2D eigenvalue weighted by atomic mass is 9.96. The van der Waals surface area contributed by atoms with Crippen molar-refractivity contribution in [3.8, 4) is 0 Å². The highest BCUT2D eigenvalue weighted by molar-refractivity contribution is 7.87. The molecule has 3 heterocycles. The summed E-state index contributed by atoms with van der Waals surface area (Å²) >= 11 is 0. The van der Waals surface area contributed by atoms with Crippen molar-refractivity contribution in [3.63, 3.8) is 0 Å². The lowest BCUT2D eigenvalue weighted by Gasteiger charge is -2.42. The Labute approximate surface area is 124 Å². The summed E-state index contributed by atoms with van der Waals surface area (Å²) in [5, 5.41) is 1.45. The molecule has 0 N–H and O–H groups in total. The number of hydrogen-bond acceptors (Lipinski definition) is 6. The number of anilines is 1. The zero-order valence-corrected chi connectivity index (χ0v) is 11.8. The van der Waals surface area contributed by atoms with Crippen molar-refractivity contribution >= 4 is 15.9 Å². The smallest absolute Gasteiger partial charge is 0.378 e. The van der Waals surface area contributed by atoms with Gasteiger partial charge in [0.2, 0.25) is 0 Å². The Hall–Kier alpha value is -1.81. The summed E-state index contributed by atoms with van der Waals surface area (Å²) in [4.78, 5) is 9.58. The van der Waals surface area contributed by atoms with Crippen LogP contribution < -0.4 is 5.06 Å². The Morgan fingerprint density at radius 2 is 2.09 bits per heavy atom. The van der Waals surface area contributed by atoms with Crippen LogP contribution >= 0.6 is 0 Å². The minimum atomic E-state index is -5.68. The first-order valence-electron chi connectivity index (χ1n) is 6.37. The lowest BCUT2D eigenvalue weighted by Crippen LogP contribution is -2.49. The van der Waals surface area contributed by atoms with Crippen LogP contribution in [-0.2, 0) is 19.1 Å². The van der Waals surface area contributed by atoms with Gasteiger partial charge in [0.25, 0.3) is 0 Å². The Morgan fingerprint density at radius 1 is 1.32 bits per heavy atom. The van der Waals surface area contributed by atoms with Gasteiger partial charge in [-0.15, -0.1) is 0 Å². The van der Waals surface area contributed by atoms with E-state index in [-0.39, 0.29) is 5.76 Å². The van der Waals surface area contributed by atoms with Crippen LogP contribution in [-0.4, -0.2) is 31.1 Å². The van der Waals surface area contributed by atoms with Gasteiger partial charge in [0.15, 0.2) is 5.82 Å². The third-order valence-corrected chi connectivity index (χ3v) is 4.28. The van der Waals surface area contributed by atoms with Crippen molar-refractivity contribution < 1.29 is 30.6 Å². The molecule has 1 aromatic rings. The van der Waals surface area contributed by atoms with Crippen LogP contribution in [0.1, 0.15) is 12.8 Å². The average Bonchev–Trinajstić information content (AvgIpc) is 2.47. The summed E-state index contributed by atoms with van der Waals surface area (Å²) in [7, 11) is -5.68. The molecule has 1 fully saturated rings. The van der Waals surface area contributed by atoms with E-state index < -0.39 is 27.8 Å². The van der Waals surface area contributed by atoms with E-state index in [1.807, 2.05) is 0 Å².